The molecule has 110 valence electrons. The Bertz CT molecular complexity index is 653. The molecule has 21 heavy (non-hydrogen) atoms. The third-order valence-corrected chi connectivity index (χ3v) is 3.16. The third-order valence-electron chi connectivity index (χ3n) is 3.16. The number of para-hydroxylation sites is 1. The van der Waals surface area contributed by atoms with Crippen molar-refractivity contribution in [1.29, 1.82) is 0 Å². The maximum atomic E-state index is 13.7. The summed E-state index contributed by atoms with van der Waals surface area (Å²) in [5.74, 6) is -1.28. The number of hydrogen-bond donors (Lipinski definition) is 2. The zero-order valence-corrected chi connectivity index (χ0v) is 11.4. The molecule has 0 aliphatic heterocycles. The molecular formula is C15H15F2N3O. The van der Waals surface area contributed by atoms with Crippen molar-refractivity contribution in [2.75, 3.05) is 11.9 Å². The Morgan fingerprint density at radius 3 is 2.38 bits per heavy atom. The average molecular weight is 291 g/mol. The van der Waals surface area contributed by atoms with Gasteiger partial charge in [-0.3, -0.25) is 0 Å². The van der Waals surface area contributed by atoms with E-state index in [4.69, 9.17) is 10.9 Å². The Balaban J connectivity index is 2.36. The zero-order chi connectivity index (χ0) is 15.4. The van der Waals surface area contributed by atoms with Crippen molar-refractivity contribution in [2.45, 2.75) is 6.54 Å². The number of oxime groups is 1. The van der Waals surface area contributed by atoms with E-state index in [-0.39, 0.29) is 17.9 Å². The predicted molar refractivity (Wildman–Crippen MR) is 77.4 cm³/mol. The SMILES string of the molecule is CN(Cc1c(F)cccc1F)c1ccccc1/C(N)=N/O. The average Bonchev–Trinajstić information content (AvgIpc) is 2.50. The quantitative estimate of drug-likeness (QED) is 0.394. The first kappa shape index (κ1) is 14.8. The second-order valence-corrected chi connectivity index (χ2v) is 4.56. The zero-order valence-electron chi connectivity index (χ0n) is 11.4. The van der Waals surface area contributed by atoms with Gasteiger partial charge in [-0.05, 0) is 24.3 Å². The fourth-order valence-electron chi connectivity index (χ4n) is 2.08. The highest BCUT2D eigenvalue weighted by Gasteiger charge is 2.15. The molecule has 2 aromatic carbocycles. The summed E-state index contributed by atoms with van der Waals surface area (Å²) in [6, 6.07) is 10.6. The molecule has 0 unspecified atom stereocenters. The monoisotopic (exact) mass is 291 g/mol. The van der Waals surface area contributed by atoms with Crippen LogP contribution in [-0.4, -0.2) is 18.1 Å². The first-order chi connectivity index (χ1) is 10.0. The summed E-state index contributed by atoms with van der Waals surface area (Å²) in [5, 5.41) is 11.8. The van der Waals surface area contributed by atoms with Crippen LogP contribution >= 0.6 is 0 Å². The Hall–Kier alpha value is -2.63. The molecule has 0 heterocycles. The lowest BCUT2D eigenvalue weighted by atomic mass is 10.1. The van der Waals surface area contributed by atoms with Crippen LogP contribution in [0, 0.1) is 11.6 Å². The highest BCUT2D eigenvalue weighted by Crippen LogP contribution is 2.22. The number of hydrogen-bond acceptors (Lipinski definition) is 3. The maximum absolute atomic E-state index is 13.7. The number of benzene rings is 2. The first-order valence-corrected chi connectivity index (χ1v) is 6.25. The minimum absolute atomic E-state index is 0.0221. The van der Waals surface area contributed by atoms with Crippen LogP contribution < -0.4 is 10.6 Å². The van der Waals surface area contributed by atoms with Gasteiger partial charge in [0.1, 0.15) is 11.6 Å². The Morgan fingerprint density at radius 1 is 1.14 bits per heavy atom. The van der Waals surface area contributed by atoms with Gasteiger partial charge in [-0.25, -0.2) is 8.78 Å². The molecule has 0 atom stereocenters. The van der Waals surface area contributed by atoms with Gasteiger partial charge in [0.2, 0.25) is 0 Å². The van der Waals surface area contributed by atoms with Crippen molar-refractivity contribution in [3.8, 4) is 0 Å². The highest BCUT2D eigenvalue weighted by atomic mass is 19.1. The van der Waals surface area contributed by atoms with E-state index in [2.05, 4.69) is 5.16 Å². The molecule has 0 spiro atoms. The van der Waals surface area contributed by atoms with Crippen molar-refractivity contribution < 1.29 is 14.0 Å². The molecule has 2 rings (SSSR count). The Morgan fingerprint density at radius 2 is 1.76 bits per heavy atom. The second-order valence-electron chi connectivity index (χ2n) is 4.56. The highest BCUT2D eigenvalue weighted by molar-refractivity contribution is 6.02. The third kappa shape index (κ3) is 3.10. The standard InChI is InChI=1S/C15H15F2N3O/c1-20(9-11-12(16)6-4-7-13(11)17)14-8-3-2-5-10(14)15(18)19-21/h2-8,21H,9H2,1H3,(H2,18,19). The summed E-state index contributed by atoms with van der Waals surface area (Å²) in [7, 11) is 1.68. The van der Waals surface area contributed by atoms with E-state index >= 15 is 0 Å². The van der Waals surface area contributed by atoms with Gasteiger partial charge in [0.15, 0.2) is 5.84 Å². The van der Waals surface area contributed by atoms with E-state index in [1.807, 2.05) is 0 Å². The predicted octanol–water partition coefficient (Wildman–Crippen LogP) is 2.70. The molecule has 0 aliphatic carbocycles. The first-order valence-electron chi connectivity index (χ1n) is 6.25. The van der Waals surface area contributed by atoms with Crippen LogP contribution in [0.5, 0.6) is 0 Å². The number of rotatable bonds is 4. The normalized spacial score (nSPS) is 11.5. The summed E-state index contributed by atoms with van der Waals surface area (Å²) in [5.41, 5.74) is 6.67. The Kier molecular flexibility index (Phi) is 4.37. The van der Waals surface area contributed by atoms with Gasteiger partial charge in [0, 0.05) is 30.4 Å². The van der Waals surface area contributed by atoms with Gasteiger partial charge in [-0.1, -0.05) is 23.4 Å². The van der Waals surface area contributed by atoms with Crippen LogP contribution in [-0.2, 0) is 6.54 Å². The van der Waals surface area contributed by atoms with Crippen LogP contribution in [0.3, 0.4) is 0 Å². The lowest BCUT2D eigenvalue weighted by Crippen LogP contribution is -2.23. The molecule has 0 saturated heterocycles. The lowest BCUT2D eigenvalue weighted by Gasteiger charge is -2.22. The van der Waals surface area contributed by atoms with Gasteiger partial charge in [0.05, 0.1) is 0 Å². The van der Waals surface area contributed by atoms with E-state index in [1.54, 1.807) is 36.2 Å². The van der Waals surface area contributed by atoms with Crippen LogP contribution in [0.4, 0.5) is 14.5 Å². The molecule has 0 aliphatic rings. The van der Waals surface area contributed by atoms with E-state index in [0.29, 0.717) is 11.3 Å². The summed E-state index contributed by atoms with van der Waals surface area (Å²) >= 11 is 0. The molecule has 0 fully saturated rings. The van der Waals surface area contributed by atoms with E-state index in [0.717, 1.165) is 0 Å². The second kappa shape index (κ2) is 6.21. The molecule has 6 heteroatoms. The van der Waals surface area contributed by atoms with Gasteiger partial charge < -0.3 is 15.8 Å². The van der Waals surface area contributed by atoms with Gasteiger partial charge in [-0.2, -0.15) is 0 Å². The van der Waals surface area contributed by atoms with Crippen LogP contribution in [0.2, 0.25) is 0 Å². The number of anilines is 1. The molecular weight excluding hydrogens is 276 g/mol. The minimum atomic E-state index is -0.608. The molecule has 3 N–H and O–H groups in total. The molecule has 0 bridgehead atoms. The number of halogens is 2. The molecule has 0 aromatic heterocycles. The van der Waals surface area contributed by atoms with Crippen molar-refractivity contribution in [3.63, 3.8) is 0 Å². The summed E-state index contributed by atoms with van der Waals surface area (Å²) in [6.07, 6.45) is 0. The van der Waals surface area contributed by atoms with Gasteiger partial charge in [-0.15, -0.1) is 0 Å². The van der Waals surface area contributed by atoms with Crippen molar-refractivity contribution in [3.05, 3.63) is 65.2 Å². The number of nitrogens with zero attached hydrogens (tertiary/aromatic N) is 2. The largest absolute Gasteiger partial charge is 0.409 e. The Labute approximate surface area is 121 Å². The van der Waals surface area contributed by atoms with Gasteiger partial charge in [0.25, 0.3) is 0 Å². The maximum Gasteiger partial charge on any atom is 0.172 e. The number of nitrogens with two attached hydrogens (primary N) is 1. The van der Waals surface area contributed by atoms with Crippen LogP contribution in [0.15, 0.2) is 47.6 Å². The smallest absolute Gasteiger partial charge is 0.172 e. The summed E-state index contributed by atoms with van der Waals surface area (Å²) in [4.78, 5) is 1.63. The van der Waals surface area contributed by atoms with E-state index < -0.39 is 11.6 Å². The topological polar surface area (TPSA) is 61.8 Å². The summed E-state index contributed by atoms with van der Waals surface area (Å²) < 4.78 is 27.4. The molecule has 0 amide bonds. The van der Waals surface area contributed by atoms with Crippen LogP contribution in [0.25, 0.3) is 0 Å². The fraction of sp³-hybridized carbons (Fsp3) is 0.133. The molecule has 0 saturated carbocycles. The van der Waals surface area contributed by atoms with Crippen molar-refractivity contribution >= 4 is 11.5 Å². The number of amidine groups is 1. The molecule has 0 radical (unpaired) electrons. The van der Waals surface area contributed by atoms with Crippen molar-refractivity contribution in [1.82, 2.24) is 0 Å². The van der Waals surface area contributed by atoms with E-state index in [1.165, 1.54) is 18.2 Å². The van der Waals surface area contributed by atoms with Gasteiger partial charge >= 0.3 is 0 Å². The molecule has 4 nitrogen and oxygen atoms in total. The van der Waals surface area contributed by atoms with Crippen LogP contribution in [0.1, 0.15) is 11.1 Å². The van der Waals surface area contributed by atoms with Crippen molar-refractivity contribution in [2.24, 2.45) is 10.9 Å². The molecule has 2 aromatic rings. The lowest BCUT2D eigenvalue weighted by molar-refractivity contribution is 0.318. The minimum Gasteiger partial charge on any atom is -0.409 e. The van der Waals surface area contributed by atoms with E-state index in [9.17, 15) is 8.78 Å². The fourth-order valence-corrected chi connectivity index (χ4v) is 2.08. The summed E-state index contributed by atoms with van der Waals surface area (Å²) in [6.45, 7) is 0.0221.